The zero-order chi connectivity index (χ0) is 12.4. The summed E-state index contributed by atoms with van der Waals surface area (Å²) in [5.41, 5.74) is 1.89. The molecule has 5 heteroatoms. The number of hydrogen-bond donors (Lipinski definition) is 1. The van der Waals surface area contributed by atoms with Crippen LogP contribution < -0.4 is 4.90 Å². The van der Waals surface area contributed by atoms with Crippen molar-refractivity contribution >= 4 is 27.7 Å². The van der Waals surface area contributed by atoms with Gasteiger partial charge in [-0.2, -0.15) is 0 Å². The summed E-state index contributed by atoms with van der Waals surface area (Å²) in [5.74, 6) is -0.0206. The minimum absolute atomic E-state index is 0.0206. The predicted molar refractivity (Wildman–Crippen MR) is 68.1 cm³/mol. The Balaban J connectivity index is 2.24. The van der Waals surface area contributed by atoms with Crippen LogP contribution in [0.25, 0.3) is 0 Å². The molecule has 1 aliphatic rings. The zero-order valence-corrected chi connectivity index (χ0v) is 11.1. The summed E-state index contributed by atoms with van der Waals surface area (Å²) in [5, 5.41) is 9.11. The second kappa shape index (κ2) is 5.06. The highest BCUT2D eigenvalue weighted by atomic mass is 79.9. The summed E-state index contributed by atoms with van der Waals surface area (Å²) in [6, 6.07) is 5.70. The summed E-state index contributed by atoms with van der Waals surface area (Å²) >= 11 is 3.44. The van der Waals surface area contributed by atoms with E-state index in [1.54, 1.807) is 4.90 Å². The summed E-state index contributed by atoms with van der Waals surface area (Å²) in [7, 11) is 0. The van der Waals surface area contributed by atoms with Crippen LogP contribution in [-0.4, -0.2) is 31.0 Å². The molecule has 0 saturated carbocycles. The van der Waals surface area contributed by atoms with E-state index in [9.17, 15) is 4.79 Å². The molecule has 1 aromatic rings. The first-order valence-corrected chi connectivity index (χ1v) is 6.22. The number of cyclic esters (lactones) is 1. The van der Waals surface area contributed by atoms with Crippen LogP contribution in [0.4, 0.5) is 10.5 Å². The molecule has 1 heterocycles. The lowest BCUT2D eigenvalue weighted by Crippen LogP contribution is -2.44. The largest absolute Gasteiger partial charge is 0.449 e. The number of aryl methyl sites for hydroxylation is 1. The summed E-state index contributed by atoms with van der Waals surface area (Å²) in [4.78, 5) is 13.2. The molecule has 1 aliphatic heterocycles. The number of anilines is 1. The molecule has 1 aromatic carbocycles. The van der Waals surface area contributed by atoms with Crippen molar-refractivity contribution < 1.29 is 14.6 Å². The number of amides is 1. The third-order valence-corrected chi connectivity index (χ3v) is 3.68. The van der Waals surface area contributed by atoms with Crippen LogP contribution in [0.5, 0.6) is 0 Å². The number of rotatable bonds is 2. The second-order valence-electron chi connectivity index (χ2n) is 4.17. The van der Waals surface area contributed by atoms with E-state index in [-0.39, 0.29) is 18.6 Å². The van der Waals surface area contributed by atoms with Gasteiger partial charge in [-0.15, -0.1) is 0 Å². The Kier molecular flexibility index (Phi) is 3.69. The van der Waals surface area contributed by atoms with E-state index >= 15 is 0 Å². The van der Waals surface area contributed by atoms with E-state index in [0.717, 1.165) is 15.7 Å². The van der Waals surface area contributed by atoms with Crippen molar-refractivity contribution in [3.05, 3.63) is 28.2 Å². The highest BCUT2D eigenvalue weighted by molar-refractivity contribution is 9.10. The minimum atomic E-state index is -0.356. The lowest BCUT2D eigenvalue weighted by atomic mass is 10.1. The summed E-state index contributed by atoms with van der Waals surface area (Å²) in [6.07, 6.45) is -0.356. The molecule has 2 rings (SSSR count). The van der Waals surface area contributed by atoms with Crippen LogP contribution >= 0.6 is 15.9 Å². The third kappa shape index (κ3) is 2.61. The number of hydrogen-bond acceptors (Lipinski definition) is 3. The van der Waals surface area contributed by atoms with Gasteiger partial charge in [0.25, 0.3) is 0 Å². The van der Waals surface area contributed by atoms with E-state index in [4.69, 9.17) is 9.84 Å². The number of carbonyl (C=O) groups excluding carboxylic acids is 1. The molecule has 4 nitrogen and oxygen atoms in total. The van der Waals surface area contributed by atoms with Gasteiger partial charge >= 0.3 is 6.09 Å². The molecule has 0 aromatic heterocycles. The first-order valence-electron chi connectivity index (χ1n) is 5.43. The maximum absolute atomic E-state index is 11.7. The molecule has 1 fully saturated rings. The molecule has 0 aliphatic carbocycles. The van der Waals surface area contributed by atoms with E-state index in [0.29, 0.717) is 13.2 Å². The molecule has 0 spiro atoms. The Morgan fingerprint density at radius 2 is 2.35 bits per heavy atom. The van der Waals surface area contributed by atoms with E-state index < -0.39 is 0 Å². The lowest BCUT2D eigenvalue weighted by molar-refractivity contribution is 0.0900. The van der Waals surface area contributed by atoms with Crippen LogP contribution in [0.1, 0.15) is 5.56 Å². The molecule has 17 heavy (non-hydrogen) atoms. The van der Waals surface area contributed by atoms with Crippen molar-refractivity contribution in [1.82, 2.24) is 0 Å². The van der Waals surface area contributed by atoms with Crippen molar-refractivity contribution in [1.29, 1.82) is 0 Å². The molecule has 0 radical (unpaired) electrons. The van der Waals surface area contributed by atoms with Gasteiger partial charge in [0.15, 0.2) is 0 Å². The number of benzene rings is 1. The van der Waals surface area contributed by atoms with Crippen LogP contribution in [0.3, 0.4) is 0 Å². The van der Waals surface area contributed by atoms with Crippen LogP contribution in [-0.2, 0) is 4.74 Å². The first kappa shape index (κ1) is 12.4. The third-order valence-electron chi connectivity index (χ3n) is 2.83. The summed E-state index contributed by atoms with van der Waals surface area (Å²) in [6.45, 7) is 2.79. The van der Waals surface area contributed by atoms with Gasteiger partial charge in [0.2, 0.25) is 0 Å². The predicted octanol–water partition coefficient (Wildman–Crippen LogP) is 2.32. The van der Waals surface area contributed by atoms with Gasteiger partial charge in [0.05, 0.1) is 13.2 Å². The molecule has 0 bridgehead atoms. The van der Waals surface area contributed by atoms with Gasteiger partial charge in [-0.25, -0.2) is 4.79 Å². The van der Waals surface area contributed by atoms with Crippen molar-refractivity contribution in [2.24, 2.45) is 5.92 Å². The van der Waals surface area contributed by atoms with Crippen LogP contribution in [0.2, 0.25) is 0 Å². The average molecular weight is 300 g/mol. The molecule has 1 unspecified atom stereocenters. The monoisotopic (exact) mass is 299 g/mol. The van der Waals surface area contributed by atoms with Crippen LogP contribution in [0, 0.1) is 12.8 Å². The average Bonchev–Trinajstić information content (AvgIpc) is 2.33. The van der Waals surface area contributed by atoms with Crippen LogP contribution in [0.15, 0.2) is 22.7 Å². The fourth-order valence-electron chi connectivity index (χ4n) is 1.72. The fraction of sp³-hybridized carbons (Fsp3) is 0.417. The number of halogens is 1. The molecule has 92 valence electrons. The number of nitrogens with zero attached hydrogens (tertiary/aromatic N) is 1. The number of aliphatic hydroxyl groups excluding tert-OH is 1. The van der Waals surface area contributed by atoms with E-state index in [1.165, 1.54) is 0 Å². The highest BCUT2D eigenvalue weighted by Gasteiger charge is 2.27. The smallest absolute Gasteiger partial charge is 0.414 e. The van der Waals surface area contributed by atoms with Gasteiger partial charge in [0, 0.05) is 22.6 Å². The SMILES string of the molecule is Cc1ccc(N2CC(CO)COC2=O)cc1Br. The molecule has 1 atom stereocenters. The normalized spacial score (nSPS) is 20.3. The Morgan fingerprint density at radius 1 is 1.59 bits per heavy atom. The number of aliphatic hydroxyl groups is 1. The van der Waals surface area contributed by atoms with Crippen molar-refractivity contribution in [2.45, 2.75) is 6.92 Å². The highest BCUT2D eigenvalue weighted by Crippen LogP contribution is 2.26. The van der Waals surface area contributed by atoms with E-state index in [1.807, 2.05) is 25.1 Å². The van der Waals surface area contributed by atoms with Crippen molar-refractivity contribution in [2.75, 3.05) is 24.7 Å². The molecular weight excluding hydrogens is 286 g/mol. The zero-order valence-electron chi connectivity index (χ0n) is 9.52. The maximum Gasteiger partial charge on any atom is 0.414 e. The number of carbonyl (C=O) groups is 1. The van der Waals surface area contributed by atoms with Gasteiger partial charge in [0.1, 0.15) is 0 Å². The lowest BCUT2D eigenvalue weighted by Gasteiger charge is -2.31. The fourth-order valence-corrected chi connectivity index (χ4v) is 2.09. The van der Waals surface area contributed by atoms with Gasteiger partial charge in [-0.05, 0) is 24.6 Å². The van der Waals surface area contributed by atoms with Gasteiger partial charge < -0.3 is 9.84 Å². The maximum atomic E-state index is 11.7. The van der Waals surface area contributed by atoms with Crippen molar-refractivity contribution in [3.8, 4) is 0 Å². The Hall–Kier alpha value is -1.07. The minimum Gasteiger partial charge on any atom is -0.449 e. The van der Waals surface area contributed by atoms with E-state index in [2.05, 4.69) is 15.9 Å². The molecule has 1 amide bonds. The van der Waals surface area contributed by atoms with Gasteiger partial charge in [-0.1, -0.05) is 22.0 Å². The standard InChI is InChI=1S/C12H14BrNO3/c1-8-2-3-10(4-11(8)13)14-5-9(6-15)7-17-12(14)16/h2-4,9,15H,5-7H2,1H3. The Labute approximate surface area is 108 Å². The topological polar surface area (TPSA) is 49.8 Å². The van der Waals surface area contributed by atoms with Gasteiger partial charge in [-0.3, -0.25) is 4.90 Å². The second-order valence-corrected chi connectivity index (χ2v) is 5.02. The molecule has 1 N–H and O–H groups in total. The molecular formula is C12H14BrNO3. The summed E-state index contributed by atoms with van der Waals surface area (Å²) < 4.78 is 5.98. The molecule has 1 saturated heterocycles. The Bertz CT molecular complexity index is 436. The van der Waals surface area contributed by atoms with Crippen molar-refractivity contribution in [3.63, 3.8) is 0 Å². The quantitative estimate of drug-likeness (QED) is 0.912. The Morgan fingerprint density at radius 3 is 3.00 bits per heavy atom. The first-order chi connectivity index (χ1) is 8.11. The number of ether oxygens (including phenoxy) is 1.